The molecule has 2 aliphatic heterocycles. The van der Waals surface area contributed by atoms with Gasteiger partial charge in [-0.25, -0.2) is 0 Å². The summed E-state index contributed by atoms with van der Waals surface area (Å²) in [5, 5.41) is 0. The smallest absolute Gasteiger partial charge is 0.281 e. The highest BCUT2D eigenvalue weighted by molar-refractivity contribution is 7.86. The number of benzene rings is 1. The first-order valence-corrected chi connectivity index (χ1v) is 10.6. The number of para-hydroxylation sites is 2. The Morgan fingerprint density at radius 2 is 1.84 bits per heavy atom. The third-order valence-electron chi connectivity index (χ3n) is 5.05. The van der Waals surface area contributed by atoms with Crippen LogP contribution >= 0.6 is 0 Å². The lowest BCUT2D eigenvalue weighted by Gasteiger charge is -2.37. The zero-order valence-electron chi connectivity index (χ0n) is 15.2. The van der Waals surface area contributed by atoms with Crippen molar-refractivity contribution in [2.75, 3.05) is 44.7 Å². The van der Waals surface area contributed by atoms with E-state index < -0.39 is 10.2 Å². The third kappa shape index (κ3) is 4.10. The molecule has 0 N–H and O–H groups in total. The molecule has 0 saturated carbocycles. The Labute approximate surface area is 151 Å². The number of fused-ring (bicyclic) bond motifs is 1. The zero-order valence-corrected chi connectivity index (χ0v) is 16.0. The van der Waals surface area contributed by atoms with E-state index in [1.807, 2.05) is 24.3 Å². The minimum absolute atomic E-state index is 0.165. The van der Waals surface area contributed by atoms with E-state index in [2.05, 4.69) is 11.8 Å². The van der Waals surface area contributed by atoms with Gasteiger partial charge < -0.3 is 9.64 Å². The Hall–Kier alpha value is -1.31. The molecule has 2 aliphatic rings. The summed E-state index contributed by atoms with van der Waals surface area (Å²) in [7, 11) is -1.75. The molecule has 0 amide bonds. The Balaban J connectivity index is 1.69. The molecule has 0 aromatic heterocycles. The SMILES string of the molecule is CCN1CC(CN(C)S(=O)(=O)N2CCCCCC2)Oc2ccccc21. The quantitative estimate of drug-likeness (QED) is 0.801. The number of nitrogens with zero attached hydrogens (tertiary/aromatic N) is 3. The average molecular weight is 368 g/mol. The van der Waals surface area contributed by atoms with Gasteiger partial charge in [0.05, 0.1) is 18.8 Å². The molecule has 0 aliphatic carbocycles. The van der Waals surface area contributed by atoms with Crippen molar-refractivity contribution in [1.29, 1.82) is 0 Å². The van der Waals surface area contributed by atoms with Crippen molar-refractivity contribution in [3.05, 3.63) is 24.3 Å². The van der Waals surface area contributed by atoms with Gasteiger partial charge in [0.1, 0.15) is 11.9 Å². The molecule has 7 heteroatoms. The summed E-state index contributed by atoms with van der Waals surface area (Å²) in [6.07, 6.45) is 3.96. The second kappa shape index (κ2) is 7.93. The second-order valence-electron chi connectivity index (χ2n) is 6.85. The maximum atomic E-state index is 12.9. The van der Waals surface area contributed by atoms with Crippen molar-refractivity contribution in [3.8, 4) is 5.75 Å². The molecule has 1 unspecified atom stereocenters. The normalized spacial score (nSPS) is 22.4. The maximum Gasteiger partial charge on any atom is 0.281 e. The predicted molar refractivity (Wildman–Crippen MR) is 100 cm³/mol. The Kier molecular flexibility index (Phi) is 5.86. The van der Waals surface area contributed by atoms with Crippen LogP contribution in [0.15, 0.2) is 24.3 Å². The highest BCUT2D eigenvalue weighted by Gasteiger charge is 2.32. The van der Waals surface area contributed by atoms with Gasteiger partial charge in [0.25, 0.3) is 10.2 Å². The number of rotatable bonds is 5. The Bertz CT molecular complexity index is 672. The number of hydrogen-bond donors (Lipinski definition) is 0. The van der Waals surface area contributed by atoms with Gasteiger partial charge in [-0.1, -0.05) is 25.0 Å². The largest absolute Gasteiger partial charge is 0.485 e. The summed E-state index contributed by atoms with van der Waals surface area (Å²) < 4.78 is 35.0. The Morgan fingerprint density at radius 3 is 2.52 bits per heavy atom. The van der Waals surface area contributed by atoms with Gasteiger partial charge in [0, 0.05) is 26.7 Å². The molecule has 3 rings (SSSR count). The molecular formula is C18H29N3O3S. The van der Waals surface area contributed by atoms with E-state index in [4.69, 9.17) is 4.74 Å². The van der Waals surface area contributed by atoms with Gasteiger partial charge in [-0.05, 0) is 31.9 Å². The highest BCUT2D eigenvalue weighted by Crippen LogP contribution is 2.33. The van der Waals surface area contributed by atoms with Crippen LogP contribution in [-0.4, -0.2) is 62.9 Å². The van der Waals surface area contributed by atoms with E-state index in [1.54, 1.807) is 11.4 Å². The van der Waals surface area contributed by atoms with Gasteiger partial charge in [0.15, 0.2) is 0 Å². The predicted octanol–water partition coefficient (Wildman–Crippen LogP) is 2.33. The summed E-state index contributed by atoms with van der Waals surface area (Å²) in [5.41, 5.74) is 1.08. The van der Waals surface area contributed by atoms with Crippen molar-refractivity contribution in [2.24, 2.45) is 0 Å². The number of anilines is 1. The molecule has 0 bridgehead atoms. The van der Waals surface area contributed by atoms with Crippen LogP contribution in [0.2, 0.25) is 0 Å². The van der Waals surface area contributed by atoms with E-state index in [0.717, 1.165) is 43.7 Å². The number of likely N-dealkylation sites (N-methyl/N-ethyl adjacent to an activating group) is 2. The maximum absolute atomic E-state index is 12.9. The lowest BCUT2D eigenvalue weighted by atomic mass is 10.2. The molecule has 0 radical (unpaired) electrons. The average Bonchev–Trinajstić information content (AvgIpc) is 2.90. The molecule has 1 saturated heterocycles. The van der Waals surface area contributed by atoms with Gasteiger partial charge in [-0.2, -0.15) is 17.0 Å². The molecule has 1 aromatic carbocycles. The van der Waals surface area contributed by atoms with E-state index in [1.165, 1.54) is 4.31 Å². The summed E-state index contributed by atoms with van der Waals surface area (Å²) in [6.45, 7) is 5.30. The van der Waals surface area contributed by atoms with Crippen molar-refractivity contribution in [1.82, 2.24) is 8.61 Å². The Morgan fingerprint density at radius 1 is 1.16 bits per heavy atom. The van der Waals surface area contributed by atoms with E-state index >= 15 is 0 Å². The van der Waals surface area contributed by atoms with Crippen LogP contribution in [0.1, 0.15) is 32.6 Å². The molecule has 25 heavy (non-hydrogen) atoms. The number of ether oxygens (including phenoxy) is 1. The van der Waals surface area contributed by atoms with Crippen LogP contribution in [0.4, 0.5) is 5.69 Å². The molecule has 1 atom stereocenters. The van der Waals surface area contributed by atoms with Gasteiger partial charge >= 0.3 is 0 Å². The van der Waals surface area contributed by atoms with Crippen LogP contribution in [0.5, 0.6) is 5.75 Å². The fraction of sp³-hybridized carbons (Fsp3) is 0.667. The van der Waals surface area contributed by atoms with Crippen LogP contribution in [0, 0.1) is 0 Å². The molecule has 2 heterocycles. The monoisotopic (exact) mass is 367 g/mol. The van der Waals surface area contributed by atoms with Crippen molar-refractivity contribution in [3.63, 3.8) is 0 Å². The molecule has 1 fully saturated rings. The highest BCUT2D eigenvalue weighted by atomic mass is 32.2. The van der Waals surface area contributed by atoms with E-state index in [9.17, 15) is 8.42 Å². The van der Waals surface area contributed by atoms with E-state index in [0.29, 0.717) is 26.2 Å². The molecule has 0 spiro atoms. The summed E-state index contributed by atoms with van der Waals surface area (Å²) >= 11 is 0. The molecule has 140 valence electrons. The lowest BCUT2D eigenvalue weighted by molar-refractivity contribution is 0.168. The zero-order chi connectivity index (χ0) is 17.9. The van der Waals surface area contributed by atoms with Crippen LogP contribution in [0.3, 0.4) is 0 Å². The summed E-state index contributed by atoms with van der Waals surface area (Å²) in [5.74, 6) is 0.834. The second-order valence-corrected chi connectivity index (χ2v) is 8.88. The number of hydrogen-bond acceptors (Lipinski definition) is 4. The molecular weight excluding hydrogens is 338 g/mol. The molecule has 6 nitrogen and oxygen atoms in total. The summed E-state index contributed by atoms with van der Waals surface area (Å²) in [4.78, 5) is 2.25. The topological polar surface area (TPSA) is 53.1 Å². The molecule has 1 aromatic rings. The first kappa shape index (κ1) is 18.5. The van der Waals surface area contributed by atoms with Crippen molar-refractivity contribution in [2.45, 2.75) is 38.7 Å². The van der Waals surface area contributed by atoms with Crippen LogP contribution in [0.25, 0.3) is 0 Å². The first-order chi connectivity index (χ1) is 12.0. The van der Waals surface area contributed by atoms with Crippen LogP contribution < -0.4 is 9.64 Å². The minimum atomic E-state index is -3.42. The lowest BCUT2D eigenvalue weighted by Crippen LogP contribution is -2.50. The van der Waals surface area contributed by atoms with Gasteiger partial charge in [0.2, 0.25) is 0 Å². The van der Waals surface area contributed by atoms with Gasteiger partial charge in [-0.15, -0.1) is 0 Å². The van der Waals surface area contributed by atoms with Crippen molar-refractivity contribution < 1.29 is 13.2 Å². The first-order valence-electron chi connectivity index (χ1n) is 9.24. The third-order valence-corrected chi connectivity index (χ3v) is 7.01. The standard InChI is InChI=1S/C18H29N3O3S/c1-3-20-15-16(24-18-11-7-6-10-17(18)20)14-19(2)25(22,23)21-12-8-4-5-9-13-21/h6-7,10-11,16H,3-5,8-9,12-15H2,1-2H3. The van der Waals surface area contributed by atoms with Crippen molar-refractivity contribution >= 4 is 15.9 Å². The summed E-state index contributed by atoms with van der Waals surface area (Å²) in [6, 6.07) is 7.95. The fourth-order valence-corrected chi connectivity index (χ4v) is 5.09. The van der Waals surface area contributed by atoms with E-state index in [-0.39, 0.29) is 6.10 Å². The van der Waals surface area contributed by atoms with Crippen LogP contribution in [-0.2, 0) is 10.2 Å². The van der Waals surface area contributed by atoms with Gasteiger partial charge in [-0.3, -0.25) is 0 Å². The fourth-order valence-electron chi connectivity index (χ4n) is 3.62. The minimum Gasteiger partial charge on any atom is -0.485 e.